The molecule has 21 heavy (non-hydrogen) atoms. The van der Waals surface area contributed by atoms with E-state index in [-0.39, 0.29) is 12.0 Å². The Kier molecular flexibility index (Phi) is 3.93. The molecule has 1 unspecified atom stereocenters. The summed E-state index contributed by atoms with van der Waals surface area (Å²) in [5.41, 5.74) is -0.0708. The number of aromatic nitrogens is 1. The highest BCUT2D eigenvalue weighted by molar-refractivity contribution is 5.92. The normalized spacial score (nSPS) is 22.4. The number of piperidine rings is 1. The standard InChI is InChI=1S/C18H22N2O/c1-2-9-18(14-21)10-5-12-20(13-18)17-16-7-4-3-6-15(16)8-11-19-17/h2-4,6-8,11,21H,1,5,9-10,12-14H2. The molecule has 0 saturated carbocycles. The first-order chi connectivity index (χ1) is 10.3. The molecule has 1 aliphatic rings. The molecule has 1 fully saturated rings. The summed E-state index contributed by atoms with van der Waals surface area (Å²) in [7, 11) is 0. The van der Waals surface area contributed by atoms with Gasteiger partial charge < -0.3 is 10.0 Å². The molecule has 1 saturated heterocycles. The molecular weight excluding hydrogens is 260 g/mol. The second-order valence-corrected chi connectivity index (χ2v) is 6.03. The Labute approximate surface area is 125 Å². The average Bonchev–Trinajstić information content (AvgIpc) is 2.55. The summed E-state index contributed by atoms with van der Waals surface area (Å²) in [6.07, 6.45) is 6.79. The minimum atomic E-state index is -0.0708. The third-order valence-electron chi connectivity index (χ3n) is 4.53. The molecule has 1 aliphatic heterocycles. The molecule has 0 amide bonds. The molecular formula is C18H22N2O. The van der Waals surface area contributed by atoms with E-state index >= 15 is 0 Å². The van der Waals surface area contributed by atoms with Crippen LogP contribution in [-0.2, 0) is 0 Å². The minimum Gasteiger partial charge on any atom is -0.396 e. The third kappa shape index (κ3) is 2.66. The van der Waals surface area contributed by atoms with Crippen molar-refractivity contribution in [3.05, 3.63) is 49.2 Å². The van der Waals surface area contributed by atoms with E-state index in [4.69, 9.17) is 0 Å². The van der Waals surface area contributed by atoms with E-state index in [1.807, 2.05) is 18.3 Å². The fourth-order valence-corrected chi connectivity index (χ4v) is 3.41. The zero-order valence-electron chi connectivity index (χ0n) is 12.3. The fourth-order valence-electron chi connectivity index (χ4n) is 3.41. The summed E-state index contributed by atoms with van der Waals surface area (Å²) in [4.78, 5) is 6.93. The lowest BCUT2D eigenvalue weighted by Gasteiger charge is -2.42. The summed E-state index contributed by atoms with van der Waals surface area (Å²) < 4.78 is 0. The Balaban J connectivity index is 1.97. The van der Waals surface area contributed by atoms with Crippen LogP contribution in [0.2, 0.25) is 0 Å². The molecule has 0 aliphatic carbocycles. The number of rotatable bonds is 4. The number of hydrogen-bond acceptors (Lipinski definition) is 3. The van der Waals surface area contributed by atoms with Crippen LogP contribution in [0.15, 0.2) is 49.2 Å². The molecule has 3 nitrogen and oxygen atoms in total. The molecule has 0 bridgehead atoms. The van der Waals surface area contributed by atoms with Gasteiger partial charge in [0.1, 0.15) is 5.82 Å². The van der Waals surface area contributed by atoms with E-state index < -0.39 is 0 Å². The van der Waals surface area contributed by atoms with Gasteiger partial charge in [0, 0.05) is 30.1 Å². The van der Waals surface area contributed by atoms with Gasteiger partial charge >= 0.3 is 0 Å². The van der Waals surface area contributed by atoms with Crippen LogP contribution < -0.4 is 4.90 Å². The van der Waals surface area contributed by atoms with E-state index in [1.165, 1.54) is 10.8 Å². The summed E-state index contributed by atoms with van der Waals surface area (Å²) >= 11 is 0. The van der Waals surface area contributed by atoms with Crippen LogP contribution in [0.25, 0.3) is 10.8 Å². The van der Waals surface area contributed by atoms with Crippen LogP contribution in [0, 0.1) is 5.41 Å². The van der Waals surface area contributed by atoms with Gasteiger partial charge in [-0.15, -0.1) is 6.58 Å². The van der Waals surface area contributed by atoms with Gasteiger partial charge in [0.15, 0.2) is 0 Å². The van der Waals surface area contributed by atoms with Crippen LogP contribution in [0.4, 0.5) is 5.82 Å². The molecule has 0 spiro atoms. The molecule has 1 N–H and O–H groups in total. The maximum absolute atomic E-state index is 9.86. The van der Waals surface area contributed by atoms with Crippen molar-refractivity contribution in [3.63, 3.8) is 0 Å². The van der Waals surface area contributed by atoms with Gasteiger partial charge in [0.2, 0.25) is 0 Å². The largest absolute Gasteiger partial charge is 0.396 e. The van der Waals surface area contributed by atoms with Crippen molar-refractivity contribution < 1.29 is 5.11 Å². The topological polar surface area (TPSA) is 36.4 Å². The molecule has 110 valence electrons. The molecule has 2 heterocycles. The molecule has 0 radical (unpaired) electrons. The second-order valence-electron chi connectivity index (χ2n) is 6.03. The Bertz CT molecular complexity index is 635. The van der Waals surface area contributed by atoms with Crippen molar-refractivity contribution in [1.82, 2.24) is 4.98 Å². The predicted octanol–water partition coefficient (Wildman–Crippen LogP) is 3.39. The van der Waals surface area contributed by atoms with Crippen molar-refractivity contribution in [2.45, 2.75) is 19.3 Å². The number of benzene rings is 1. The summed E-state index contributed by atoms with van der Waals surface area (Å²) in [5.74, 6) is 1.04. The van der Waals surface area contributed by atoms with Crippen molar-refractivity contribution in [2.24, 2.45) is 5.41 Å². The fraction of sp³-hybridized carbons (Fsp3) is 0.389. The highest BCUT2D eigenvalue weighted by Crippen LogP contribution is 2.36. The lowest BCUT2D eigenvalue weighted by atomic mass is 9.78. The number of nitrogens with zero attached hydrogens (tertiary/aromatic N) is 2. The van der Waals surface area contributed by atoms with Gasteiger partial charge in [0.05, 0.1) is 6.61 Å². The summed E-state index contributed by atoms with van der Waals surface area (Å²) in [6.45, 7) is 5.90. The second kappa shape index (κ2) is 5.86. The predicted molar refractivity (Wildman–Crippen MR) is 87.5 cm³/mol. The Morgan fingerprint density at radius 1 is 1.33 bits per heavy atom. The minimum absolute atomic E-state index is 0.0708. The smallest absolute Gasteiger partial charge is 0.136 e. The number of anilines is 1. The van der Waals surface area contributed by atoms with Gasteiger partial charge in [0.25, 0.3) is 0 Å². The van der Waals surface area contributed by atoms with E-state index in [9.17, 15) is 5.11 Å². The number of pyridine rings is 1. The zero-order chi connectivity index (χ0) is 14.7. The number of aliphatic hydroxyl groups excluding tert-OH is 1. The SMILES string of the molecule is C=CCC1(CO)CCCN(c2nccc3ccccc23)C1. The lowest BCUT2D eigenvalue weighted by Crippen LogP contribution is -2.45. The average molecular weight is 282 g/mol. The van der Waals surface area contributed by atoms with Crippen LogP contribution in [0.5, 0.6) is 0 Å². The summed E-state index contributed by atoms with van der Waals surface area (Å²) in [5, 5.41) is 12.3. The molecule has 2 aromatic rings. The Morgan fingerprint density at radius 3 is 3.00 bits per heavy atom. The van der Waals surface area contributed by atoms with Gasteiger partial charge in [-0.2, -0.15) is 0 Å². The first kappa shape index (κ1) is 14.1. The number of hydrogen-bond donors (Lipinski definition) is 1. The Hall–Kier alpha value is -1.87. The van der Waals surface area contributed by atoms with E-state index in [0.29, 0.717) is 0 Å². The molecule has 3 heteroatoms. The highest BCUT2D eigenvalue weighted by Gasteiger charge is 2.34. The van der Waals surface area contributed by atoms with Crippen molar-refractivity contribution in [1.29, 1.82) is 0 Å². The molecule has 1 atom stereocenters. The molecule has 1 aromatic carbocycles. The van der Waals surface area contributed by atoms with Crippen LogP contribution in [0.3, 0.4) is 0 Å². The first-order valence-electron chi connectivity index (χ1n) is 7.58. The monoisotopic (exact) mass is 282 g/mol. The maximum atomic E-state index is 9.86. The molecule has 3 rings (SSSR count). The summed E-state index contributed by atoms with van der Waals surface area (Å²) in [6, 6.07) is 10.4. The van der Waals surface area contributed by atoms with Crippen LogP contribution in [0.1, 0.15) is 19.3 Å². The van der Waals surface area contributed by atoms with Gasteiger partial charge in [-0.3, -0.25) is 0 Å². The van der Waals surface area contributed by atoms with Gasteiger partial charge in [-0.25, -0.2) is 4.98 Å². The van der Waals surface area contributed by atoms with E-state index in [0.717, 1.165) is 38.2 Å². The van der Waals surface area contributed by atoms with Gasteiger partial charge in [-0.05, 0) is 30.7 Å². The highest BCUT2D eigenvalue weighted by atomic mass is 16.3. The van der Waals surface area contributed by atoms with Crippen molar-refractivity contribution >= 4 is 16.6 Å². The molecule has 1 aromatic heterocycles. The van der Waals surface area contributed by atoms with E-state index in [2.05, 4.69) is 40.7 Å². The number of allylic oxidation sites excluding steroid dienone is 1. The number of aliphatic hydroxyl groups is 1. The zero-order valence-corrected chi connectivity index (χ0v) is 12.3. The van der Waals surface area contributed by atoms with Crippen molar-refractivity contribution in [2.75, 3.05) is 24.6 Å². The van der Waals surface area contributed by atoms with E-state index in [1.54, 1.807) is 0 Å². The maximum Gasteiger partial charge on any atom is 0.136 e. The lowest BCUT2D eigenvalue weighted by molar-refractivity contribution is 0.108. The van der Waals surface area contributed by atoms with Crippen LogP contribution in [-0.4, -0.2) is 29.8 Å². The van der Waals surface area contributed by atoms with Gasteiger partial charge in [-0.1, -0.05) is 30.3 Å². The van der Waals surface area contributed by atoms with Crippen LogP contribution >= 0.6 is 0 Å². The quantitative estimate of drug-likeness (QED) is 0.873. The Morgan fingerprint density at radius 2 is 2.19 bits per heavy atom. The number of fused-ring (bicyclic) bond motifs is 1. The van der Waals surface area contributed by atoms with Crippen molar-refractivity contribution in [3.8, 4) is 0 Å². The third-order valence-corrected chi connectivity index (χ3v) is 4.53. The first-order valence-corrected chi connectivity index (χ1v) is 7.58.